The maximum Gasteiger partial charge on any atom is 0.225 e. The molecule has 3 heterocycles. The second kappa shape index (κ2) is 5.86. The van der Waals surface area contributed by atoms with E-state index < -0.39 is 42.0 Å². The SMILES string of the molecule is OC1(O)[C@H]2OC3(CCCCC3)O[C@@H]2O[C@H]1[C@@H]1COC2(CCCCC2)O1. The van der Waals surface area contributed by atoms with E-state index in [4.69, 9.17) is 23.7 Å². The van der Waals surface area contributed by atoms with Crippen molar-refractivity contribution in [1.82, 2.24) is 0 Å². The van der Waals surface area contributed by atoms with Gasteiger partial charge in [0.1, 0.15) is 12.2 Å². The molecule has 0 aromatic carbocycles. The summed E-state index contributed by atoms with van der Waals surface area (Å²) in [5, 5.41) is 21.6. The molecule has 2 N–H and O–H groups in total. The van der Waals surface area contributed by atoms with Crippen LogP contribution in [0.25, 0.3) is 0 Å². The number of fused-ring (bicyclic) bond motifs is 1. The third-order valence-electron chi connectivity index (χ3n) is 6.48. The van der Waals surface area contributed by atoms with Gasteiger partial charge in [-0.15, -0.1) is 0 Å². The minimum absolute atomic E-state index is 0.304. The van der Waals surface area contributed by atoms with Crippen molar-refractivity contribution in [3.8, 4) is 0 Å². The van der Waals surface area contributed by atoms with Gasteiger partial charge in [0.2, 0.25) is 5.79 Å². The molecule has 0 radical (unpaired) electrons. The summed E-state index contributed by atoms with van der Waals surface area (Å²) in [6.07, 6.45) is 6.68. The summed E-state index contributed by atoms with van der Waals surface area (Å²) in [5.41, 5.74) is 0. The fourth-order valence-electron chi connectivity index (χ4n) is 5.15. The van der Waals surface area contributed by atoms with Gasteiger partial charge in [0.05, 0.1) is 6.61 Å². The zero-order valence-electron chi connectivity index (χ0n) is 14.5. The van der Waals surface area contributed by atoms with Crippen molar-refractivity contribution in [1.29, 1.82) is 0 Å². The van der Waals surface area contributed by atoms with Crippen molar-refractivity contribution in [2.45, 2.75) is 106 Å². The van der Waals surface area contributed by atoms with Crippen molar-refractivity contribution in [3.05, 3.63) is 0 Å². The van der Waals surface area contributed by atoms with Gasteiger partial charge in [-0.1, -0.05) is 12.8 Å². The summed E-state index contributed by atoms with van der Waals surface area (Å²) >= 11 is 0. The topological polar surface area (TPSA) is 86.6 Å². The minimum Gasteiger partial charge on any atom is -0.361 e. The van der Waals surface area contributed by atoms with Crippen LogP contribution in [0, 0.1) is 0 Å². The van der Waals surface area contributed by atoms with Gasteiger partial charge in [-0.2, -0.15) is 0 Å². The van der Waals surface area contributed by atoms with Crippen LogP contribution in [-0.2, 0) is 23.7 Å². The smallest absolute Gasteiger partial charge is 0.225 e. The highest BCUT2D eigenvalue weighted by Gasteiger charge is 2.67. The van der Waals surface area contributed by atoms with Crippen LogP contribution in [0.3, 0.4) is 0 Å². The number of hydrogen-bond donors (Lipinski definition) is 2. The molecular weight excluding hydrogens is 328 g/mol. The molecule has 2 saturated carbocycles. The van der Waals surface area contributed by atoms with Crippen LogP contribution in [0.15, 0.2) is 0 Å². The van der Waals surface area contributed by atoms with E-state index >= 15 is 0 Å². The van der Waals surface area contributed by atoms with Crippen molar-refractivity contribution in [2.75, 3.05) is 6.61 Å². The predicted octanol–water partition coefficient (Wildman–Crippen LogP) is 1.54. The molecule has 0 aromatic rings. The quantitative estimate of drug-likeness (QED) is 0.689. The van der Waals surface area contributed by atoms with Crippen molar-refractivity contribution >= 4 is 0 Å². The van der Waals surface area contributed by atoms with Gasteiger partial charge in [0.15, 0.2) is 24.0 Å². The first-order valence-corrected chi connectivity index (χ1v) is 9.80. The van der Waals surface area contributed by atoms with Crippen molar-refractivity contribution in [2.24, 2.45) is 0 Å². The summed E-state index contributed by atoms with van der Waals surface area (Å²) in [7, 11) is 0. The lowest BCUT2D eigenvalue weighted by molar-refractivity contribution is -0.311. The number of ether oxygens (including phenoxy) is 5. The maximum atomic E-state index is 10.8. The van der Waals surface area contributed by atoms with Crippen molar-refractivity contribution < 1.29 is 33.9 Å². The van der Waals surface area contributed by atoms with E-state index in [1.54, 1.807) is 0 Å². The van der Waals surface area contributed by atoms with Crippen LogP contribution < -0.4 is 0 Å². The largest absolute Gasteiger partial charge is 0.361 e. The molecule has 2 spiro atoms. The summed E-state index contributed by atoms with van der Waals surface area (Å²) in [6.45, 7) is 0.304. The molecule has 3 aliphatic heterocycles. The highest BCUT2D eigenvalue weighted by Crippen LogP contribution is 2.50. The first-order valence-electron chi connectivity index (χ1n) is 9.80. The number of hydrogen-bond acceptors (Lipinski definition) is 7. The fourth-order valence-corrected chi connectivity index (χ4v) is 5.15. The second-order valence-electron chi connectivity index (χ2n) is 8.27. The first-order chi connectivity index (χ1) is 12.0. The molecular formula is C18H28O7. The molecule has 5 fully saturated rings. The highest BCUT2D eigenvalue weighted by molar-refractivity contribution is 5.04. The molecule has 4 atom stereocenters. The van der Waals surface area contributed by atoms with Crippen molar-refractivity contribution in [3.63, 3.8) is 0 Å². The van der Waals surface area contributed by atoms with Gasteiger partial charge >= 0.3 is 0 Å². The standard InChI is InChI=1S/C18H28O7/c19-18(20)13(12-11-21-16(23-12)7-3-1-4-8-16)22-15-14(18)24-17(25-15)9-5-2-6-10-17/h12-15,19-20H,1-11H2/t12-,13-,14-,15-/m0/s1. The van der Waals surface area contributed by atoms with Crippen LogP contribution in [0.2, 0.25) is 0 Å². The van der Waals surface area contributed by atoms with E-state index in [0.717, 1.165) is 57.8 Å². The third-order valence-corrected chi connectivity index (χ3v) is 6.48. The molecule has 5 rings (SSSR count). The molecule has 0 unspecified atom stereocenters. The lowest BCUT2D eigenvalue weighted by Crippen LogP contribution is -2.54. The summed E-state index contributed by atoms with van der Waals surface area (Å²) < 4.78 is 30.0. The predicted molar refractivity (Wildman–Crippen MR) is 84.2 cm³/mol. The molecule has 7 nitrogen and oxygen atoms in total. The Kier molecular flexibility index (Phi) is 3.95. The van der Waals surface area contributed by atoms with Crippen LogP contribution >= 0.6 is 0 Å². The molecule has 0 amide bonds. The summed E-state index contributed by atoms with van der Waals surface area (Å²) in [5.74, 6) is -3.43. The molecule has 3 saturated heterocycles. The Morgan fingerprint density at radius 3 is 1.96 bits per heavy atom. The van der Waals surface area contributed by atoms with Crippen LogP contribution in [0.4, 0.5) is 0 Å². The molecule has 142 valence electrons. The lowest BCUT2D eigenvalue weighted by atomic mass is 9.94. The molecule has 5 aliphatic rings. The Hall–Kier alpha value is -0.280. The zero-order chi connectivity index (χ0) is 17.1. The maximum absolute atomic E-state index is 10.8. The monoisotopic (exact) mass is 356 g/mol. The van der Waals surface area contributed by atoms with Gasteiger partial charge in [-0.25, -0.2) is 0 Å². The van der Waals surface area contributed by atoms with Gasteiger partial charge in [-0.3, -0.25) is 0 Å². The average molecular weight is 356 g/mol. The van der Waals surface area contributed by atoms with E-state index in [1.807, 2.05) is 0 Å². The highest BCUT2D eigenvalue weighted by atomic mass is 16.9. The van der Waals surface area contributed by atoms with E-state index in [0.29, 0.717) is 6.61 Å². The fraction of sp³-hybridized carbons (Fsp3) is 1.00. The Morgan fingerprint density at radius 1 is 0.680 bits per heavy atom. The van der Waals surface area contributed by atoms with Gasteiger partial charge in [-0.05, 0) is 25.7 Å². The van der Waals surface area contributed by atoms with E-state index in [-0.39, 0.29) is 0 Å². The molecule has 0 aromatic heterocycles. The van der Waals surface area contributed by atoms with E-state index in [1.165, 1.54) is 6.42 Å². The van der Waals surface area contributed by atoms with Crippen LogP contribution in [0.1, 0.15) is 64.2 Å². The third kappa shape index (κ3) is 2.67. The minimum atomic E-state index is -2.14. The van der Waals surface area contributed by atoms with Gasteiger partial charge in [0.25, 0.3) is 0 Å². The Balaban J connectivity index is 1.29. The average Bonchev–Trinajstić information content (AvgIpc) is 3.22. The zero-order valence-corrected chi connectivity index (χ0v) is 14.5. The van der Waals surface area contributed by atoms with E-state index in [9.17, 15) is 10.2 Å². The van der Waals surface area contributed by atoms with E-state index in [2.05, 4.69) is 0 Å². The molecule has 7 heteroatoms. The second-order valence-corrected chi connectivity index (χ2v) is 8.27. The number of aliphatic hydroxyl groups is 2. The summed E-state index contributed by atoms with van der Waals surface area (Å²) in [4.78, 5) is 0. The van der Waals surface area contributed by atoms with Crippen LogP contribution in [-0.4, -0.2) is 58.8 Å². The van der Waals surface area contributed by atoms with Crippen LogP contribution in [0.5, 0.6) is 0 Å². The molecule has 2 aliphatic carbocycles. The normalized spacial score (nSPS) is 44.4. The molecule has 0 bridgehead atoms. The van der Waals surface area contributed by atoms with Gasteiger partial charge in [0, 0.05) is 25.7 Å². The number of rotatable bonds is 1. The molecule has 25 heavy (non-hydrogen) atoms. The lowest BCUT2D eigenvalue weighted by Gasteiger charge is -2.37. The van der Waals surface area contributed by atoms with Gasteiger partial charge < -0.3 is 33.9 Å². The Bertz CT molecular complexity index is 510. The Morgan fingerprint density at radius 2 is 1.32 bits per heavy atom. The summed E-state index contributed by atoms with van der Waals surface area (Å²) in [6, 6.07) is 0. The Labute approximate surface area is 147 Å². The first kappa shape index (κ1) is 16.9.